The van der Waals surface area contributed by atoms with Gasteiger partial charge in [-0.1, -0.05) is 29.8 Å². The van der Waals surface area contributed by atoms with Gasteiger partial charge in [0.15, 0.2) is 5.82 Å². The Balaban J connectivity index is 1.84. The van der Waals surface area contributed by atoms with Crippen LogP contribution in [-0.2, 0) is 6.61 Å². The predicted molar refractivity (Wildman–Crippen MR) is 83.1 cm³/mol. The topological polar surface area (TPSA) is 27.1 Å². The van der Waals surface area contributed by atoms with Crippen molar-refractivity contribution in [3.8, 4) is 22.7 Å². The predicted octanol–water partition coefficient (Wildman–Crippen LogP) is 4.39. The fourth-order valence-electron chi connectivity index (χ4n) is 2.57. The lowest BCUT2D eigenvalue weighted by Gasteiger charge is -2.19. The number of nitrogens with zero attached hydrogens (tertiary/aromatic N) is 2. The minimum atomic E-state index is 0.490. The fraction of sp³-hybridized carbons (Fsp3) is 0.118. The highest BCUT2D eigenvalue weighted by atomic mass is 35.5. The van der Waals surface area contributed by atoms with Crippen LogP contribution in [0, 0.1) is 6.92 Å². The number of hydrogen-bond donors (Lipinski definition) is 0. The second kappa shape index (κ2) is 4.64. The molecular weight excluding hydrogens is 284 g/mol. The smallest absolute Gasteiger partial charge is 0.152 e. The van der Waals surface area contributed by atoms with E-state index in [2.05, 4.69) is 34.8 Å². The Morgan fingerprint density at radius 3 is 2.76 bits per heavy atom. The molecule has 0 aliphatic carbocycles. The van der Waals surface area contributed by atoms with Crippen molar-refractivity contribution in [1.29, 1.82) is 0 Å². The third kappa shape index (κ3) is 2.10. The van der Waals surface area contributed by atoms with E-state index in [9.17, 15) is 0 Å². The minimum absolute atomic E-state index is 0.490. The lowest BCUT2D eigenvalue weighted by Crippen LogP contribution is -2.12. The molecule has 1 aromatic heterocycles. The number of aryl methyl sites for hydroxylation is 1. The van der Waals surface area contributed by atoms with E-state index in [1.165, 1.54) is 5.56 Å². The van der Waals surface area contributed by atoms with Crippen LogP contribution < -0.4 is 4.74 Å². The summed E-state index contributed by atoms with van der Waals surface area (Å²) in [6.45, 7) is 2.56. The first-order valence-electron chi connectivity index (χ1n) is 6.79. The maximum Gasteiger partial charge on any atom is 0.152 e. The van der Waals surface area contributed by atoms with Crippen molar-refractivity contribution in [1.82, 2.24) is 9.55 Å². The average Bonchev–Trinajstić information content (AvgIpc) is 2.92. The van der Waals surface area contributed by atoms with Crippen molar-refractivity contribution in [2.24, 2.45) is 0 Å². The molecule has 4 heteroatoms. The normalized spacial score (nSPS) is 12.5. The van der Waals surface area contributed by atoms with Gasteiger partial charge in [-0.05, 0) is 36.8 Å². The van der Waals surface area contributed by atoms with E-state index in [4.69, 9.17) is 16.3 Å². The summed E-state index contributed by atoms with van der Waals surface area (Å²) in [6, 6.07) is 13.9. The zero-order chi connectivity index (χ0) is 14.4. The molecule has 3 aromatic rings. The summed E-state index contributed by atoms with van der Waals surface area (Å²) in [5.41, 5.74) is 4.23. The monoisotopic (exact) mass is 296 g/mol. The molecule has 0 amide bonds. The zero-order valence-corrected chi connectivity index (χ0v) is 12.3. The van der Waals surface area contributed by atoms with Crippen molar-refractivity contribution in [3.63, 3.8) is 0 Å². The highest BCUT2D eigenvalue weighted by molar-refractivity contribution is 6.30. The van der Waals surface area contributed by atoms with E-state index in [-0.39, 0.29) is 0 Å². The second-order valence-corrected chi connectivity index (χ2v) is 5.62. The molecule has 21 heavy (non-hydrogen) atoms. The lowest BCUT2D eigenvalue weighted by molar-refractivity contribution is 0.279. The van der Waals surface area contributed by atoms with Gasteiger partial charge in [-0.15, -0.1) is 0 Å². The Bertz CT molecular complexity index is 821. The van der Waals surface area contributed by atoms with E-state index in [0.717, 1.165) is 33.5 Å². The summed E-state index contributed by atoms with van der Waals surface area (Å²) in [6.07, 6.45) is 2.05. The number of aromatic nitrogens is 2. The third-order valence-electron chi connectivity index (χ3n) is 3.65. The van der Waals surface area contributed by atoms with E-state index >= 15 is 0 Å². The summed E-state index contributed by atoms with van der Waals surface area (Å²) in [4.78, 5) is 4.67. The molecule has 1 aliphatic rings. The zero-order valence-electron chi connectivity index (χ0n) is 11.5. The van der Waals surface area contributed by atoms with Crippen LogP contribution in [0.4, 0.5) is 0 Å². The summed E-state index contributed by atoms with van der Waals surface area (Å²) in [7, 11) is 0. The van der Waals surface area contributed by atoms with Crippen LogP contribution in [0.2, 0.25) is 5.02 Å². The molecule has 0 bridgehead atoms. The number of imidazole rings is 1. The Labute approximate surface area is 127 Å². The molecule has 2 heterocycles. The molecule has 0 fully saturated rings. The highest BCUT2D eigenvalue weighted by Crippen LogP contribution is 2.32. The molecule has 0 spiro atoms. The van der Waals surface area contributed by atoms with Crippen LogP contribution in [-0.4, -0.2) is 9.55 Å². The van der Waals surface area contributed by atoms with Crippen molar-refractivity contribution in [3.05, 3.63) is 65.1 Å². The van der Waals surface area contributed by atoms with Gasteiger partial charge in [0.2, 0.25) is 0 Å². The van der Waals surface area contributed by atoms with Crippen LogP contribution in [0.15, 0.2) is 48.7 Å². The lowest BCUT2D eigenvalue weighted by atomic mass is 10.1. The second-order valence-electron chi connectivity index (χ2n) is 5.18. The first-order valence-corrected chi connectivity index (χ1v) is 7.16. The van der Waals surface area contributed by atoms with Gasteiger partial charge in [-0.3, -0.25) is 4.57 Å². The Kier molecular flexibility index (Phi) is 2.76. The molecular formula is C17H13ClN2O. The fourth-order valence-corrected chi connectivity index (χ4v) is 2.69. The maximum absolute atomic E-state index is 5.94. The van der Waals surface area contributed by atoms with Gasteiger partial charge in [0, 0.05) is 16.8 Å². The number of rotatable bonds is 1. The molecule has 4 rings (SSSR count). The largest absolute Gasteiger partial charge is 0.483 e. The van der Waals surface area contributed by atoms with Crippen molar-refractivity contribution < 1.29 is 4.74 Å². The van der Waals surface area contributed by atoms with Crippen LogP contribution >= 0.6 is 11.6 Å². The molecule has 0 saturated carbocycles. The van der Waals surface area contributed by atoms with Crippen molar-refractivity contribution in [2.75, 3.05) is 0 Å². The molecule has 0 radical (unpaired) electrons. The van der Waals surface area contributed by atoms with Gasteiger partial charge < -0.3 is 4.74 Å². The number of hydrogen-bond acceptors (Lipinski definition) is 2. The summed E-state index contributed by atoms with van der Waals surface area (Å²) in [5, 5.41) is 0.729. The quantitative estimate of drug-likeness (QED) is 0.666. The SMILES string of the molecule is Cc1ccc2c(c1)-n1cc(-c3ccc(Cl)cc3)nc1CO2. The summed E-state index contributed by atoms with van der Waals surface area (Å²) < 4.78 is 7.88. The van der Waals surface area contributed by atoms with Crippen LogP contribution in [0.5, 0.6) is 5.75 Å². The number of fused-ring (bicyclic) bond motifs is 3. The Hall–Kier alpha value is -2.26. The van der Waals surface area contributed by atoms with Gasteiger partial charge in [-0.2, -0.15) is 0 Å². The molecule has 0 saturated heterocycles. The molecule has 3 nitrogen and oxygen atoms in total. The van der Waals surface area contributed by atoms with E-state index in [0.29, 0.717) is 6.61 Å². The van der Waals surface area contributed by atoms with E-state index in [1.54, 1.807) is 0 Å². The standard InChI is InChI=1S/C17H13ClN2O/c1-11-2-7-16-15(8-11)20-9-14(19-17(20)10-21-16)12-3-5-13(18)6-4-12/h2-9H,10H2,1H3. The first-order chi connectivity index (χ1) is 10.2. The van der Waals surface area contributed by atoms with E-state index in [1.807, 2.05) is 30.3 Å². The molecule has 1 aliphatic heterocycles. The highest BCUT2D eigenvalue weighted by Gasteiger charge is 2.19. The van der Waals surface area contributed by atoms with Gasteiger partial charge >= 0.3 is 0 Å². The van der Waals surface area contributed by atoms with Crippen LogP contribution in [0.3, 0.4) is 0 Å². The van der Waals surface area contributed by atoms with Gasteiger partial charge in [0.25, 0.3) is 0 Å². The number of ether oxygens (including phenoxy) is 1. The third-order valence-corrected chi connectivity index (χ3v) is 3.90. The number of halogens is 1. The summed E-state index contributed by atoms with van der Waals surface area (Å²) in [5.74, 6) is 1.81. The molecule has 104 valence electrons. The van der Waals surface area contributed by atoms with Crippen molar-refractivity contribution >= 4 is 11.6 Å². The minimum Gasteiger partial charge on any atom is -0.483 e. The van der Waals surface area contributed by atoms with Crippen LogP contribution in [0.25, 0.3) is 16.9 Å². The Morgan fingerprint density at radius 2 is 1.95 bits per heavy atom. The Morgan fingerprint density at radius 1 is 1.14 bits per heavy atom. The van der Waals surface area contributed by atoms with Gasteiger partial charge in [0.05, 0.1) is 11.4 Å². The molecule has 0 atom stereocenters. The maximum atomic E-state index is 5.94. The van der Waals surface area contributed by atoms with Gasteiger partial charge in [-0.25, -0.2) is 4.98 Å². The average molecular weight is 297 g/mol. The van der Waals surface area contributed by atoms with E-state index < -0.39 is 0 Å². The van der Waals surface area contributed by atoms with Crippen molar-refractivity contribution in [2.45, 2.75) is 13.5 Å². The molecule has 0 unspecified atom stereocenters. The van der Waals surface area contributed by atoms with Crippen LogP contribution in [0.1, 0.15) is 11.4 Å². The number of benzene rings is 2. The molecule has 2 aromatic carbocycles. The van der Waals surface area contributed by atoms with Gasteiger partial charge in [0.1, 0.15) is 12.4 Å². The summed E-state index contributed by atoms with van der Waals surface area (Å²) >= 11 is 5.94. The molecule has 0 N–H and O–H groups in total. The first kappa shape index (κ1) is 12.5.